The minimum atomic E-state index is 0.503. The fraction of sp³-hybridized carbons (Fsp3) is 0.467. The molecule has 0 aliphatic carbocycles. The second kappa shape index (κ2) is 6.45. The monoisotopic (exact) mass is 247 g/mol. The van der Waals surface area contributed by atoms with Crippen molar-refractivity contribution in [2.45, 2.75) is 18.8 Å². The third kappa shape index (κ3) is 3.05. The lowest BCUT2D eigenvalue weighted by Crippen LogP contribution is -2.26. The van der Waals surface area contributed by atoms with E-state index in [1.54, 1.807) is 13.2 Å². The topological polar surface area (TPSA) is 30.5 Å². The van der Waals surface area contributed by atoms with Crippen LogP contribution in [-0.2, 0) is 0 Å². The van der Waals surface area contributed by atoms with E-state index >= 15 is 0 Å². The summed E-state index contributed by atoms with van der Waals surface area (Å²) in [6, 6.07) is 6.25. The van der Waals surface area contributed by atoms with Gasteiger partial charge in [0.1, 0.15) is 6.61 Å². The summed E-state index contributed by atoms with van der Waals surface area (Å²) in [5, 5.41) is 3.39. The molecular formula is C15H21NO2. The van der Waals surface area contributed by atoms with Crippen molar-refractivity contribution in [3.8, 4) is 11.5 Å². The number of ether oxygens (including phenoxy) is 2. The van der Waals surface area contributed by atoms with Crippen molar-refractivity contribution in [2.24, 2.45) is 0 Å². The van der Waals surface area contributed by atoms with E-state index in [9.17, 15) is 0 Å². The molecule has 0 unspecified atom stereocenters. The Balaban J connectivity index is 2.14. The molecule has 0 saturated carbocycles. The summed E-state index contributed by atoms with van der Waals surface area (Å²) < 4.78 is 11.0. The molecule has 3 heteroatoms. The van der Waals surface area contributed by atoms with Crippen LogP contribution in [0.3, 0.4) is 0 Å². The van der Waals surface area contributed by atoms with E-state index in [2.05, 4.69) is 24.0 Å². The average Bonchev–Trinajstić information content (AvgIpc) is 2.46. The zero-order valence-corrected chi connectivity index (χ0v) is 10.9. The number of piperidine rings is 1. The second-order valence-electron chi connectivity index (χ2n) is 4.53. The number of hydrogen-bond donors (Lipinski definition) is 1. The van der Waals surface area contributed by atoms with Crippen molar-refractivity contribution >= 4 is 0 Å². The van der Waals surface area contributed by atoms with Gasteiger partial charge in [-0.05, 0) is 49.5 Å². The molecule has 1 aliphatic rings. The number of hydrogen-bond acceptors (Lipinski definition) is 3. The van der Waals surface area contributed by atoms with Gasteiger partial charge < -0.3 is 14.8 Å². The molecule has 1 saturated heterocycles. The lowest BCUT2D eigenvalue weighted by molar-refractivity contribution is 0.325. The Labute approximate surface area is 109 Å². The normalized spacial score (nSPS) is 16.3. The molecule has 0 spiro atoms. The molecule has 0 amide bonds. The maximum atomic E-state index is 5.56. The molecule has 0 aromatic heterocycles. The highest BCUT2D eigenvalue weighted by Crippen LogP contribution is 2.33. The molecule has 0 atom stereocenters. The van der Waals surface area contributed by atoms with Crippen molar-refractivity contribution in [3.63, 3.8) is 0 Å². The molecule has 1 heterocycles. The maximum Gasteiger partial charge on any atom is 0.161 e. The first-order chi connectivity index (χ1) is 8.85. The van der Waals surface area contributed by atoms with Gasteiger partial charge in [-0.1, -0.05) is 18.7 Å². The van der Waals surface area contributed by atoms with Gasteiger partial charge in [-0.3, -0.25) is 0 Å². The number of rotatable bonds is 5. The molecule has 1 fully saturated rings. The second-order valence-corrected chi connectivity index (χ2v) is 4.53. The molecule has 0 bridgehead atoms. The summed E-state index contributed by atoms with van der Waals surface area (Å²) in [6.07, 6.45) is 4.12. The minimum absolute atomic E-state index is 0.503. The standard InChI is InChI=1S/C15H21NO2/c1-3-10-18-14-5-4-13(11-15(14)17-2)12-6-8-16-9-7-12/h3-5,11-12,16H,1,6-10H2,2H3. The van der Waals surface area contributed by atoms with Crippen molar-refractivity contribution < 1.29 is 9.47 Å². The van der Waals surface area contributed by atoms with Gasteiger partial charge >= 0.3 is 0 Å². The summed E-state index contributed by atoms with van der Waals surface area (Å²) in [5.74, 6) is 2.23. The lowest BCUT2D eigenvalue weighted by atomic mass is 9.90. The first kappa shape index (κ1) is 13.0. The molecule has 0 radical (unpaired) electrons. The van der Waals surface area contributed by atoms with E-state index < -0.39 is 0 Å². The predicted molar refractivity (Wildman–Crippen MR) is 73.5 cm³/mol. The van der Waals surface area contributed by atoms with Gasteiger partial charge in [0.05, 0.1) is 7.11 Å². The summed E-state index contributed by atoms with van der Waals surface area (Å²) in [4.78, 5) is 0. The predicted octanol–water partition coefficient (Wildman–Crippen LogP) is 2.73. The Morgan fingerprint density at radius 2 is 2.11 bits per heavy atom. The van der Waals surface area contributed by atoms with Crippen LogP contribution in [0.25, 0.3) is 0 Å². The molecule has 18 heavy (non-hydrogen) atoms. The summed E-state index contributed by atoms with van der Waals surface area (Å²) in [5.41, 5.74) is 1.35. The highest BCUT2D eigenvalue weighted by atomic mass is 16.5. The van der Waals surface area contributed by atoms with Gasteiger partial charge in [0.15, 0.2) is 11.5 Å². The fourth-order valence-electron chi connectivity index (χ4n) is 2.36. The van der Waals surface area contributed by atoms with E-state index in [1.165, 1.54) is 18.4 Å². The third-order valence-electron chi connectivity index (χ3n) is 3.35. The molecule has 1 aliphatic heterocycles. The van der Waals surface area contributed by atoms with Gasteiger partial charge in [-0.2, -0.15) is 0 Å². The highest BCUT2D eigenvalue weighted by Gasteiger charge is 2.17. The van der Waals surface area contributed by atoms with Crippen LogP contribution in [-0.4, -0.2) is 26.8 Å². The summed E-state index contributed by atoms with van der Waals surface area (Å²) >= 11 is 0. The number of methoxy groups -OCH3 is 1. The first-order valence-electron chi connectivity index (χ1n) is 6.47. The Hall–Kier alpha value is -1.48. The summed E-state index contributed by atoms with van der Waals surface area (Å²) in [6.45, 7) is 6.35. The maximum absolute atomic E-state index is 5.56. The van der Waals surface area contributed by atoms with Crippen LogP contribution in [0.2, 0.25) is 0 Å². The largest absolute Gasteiger partial charge is 0.493 e. The van der Waals surface area contributed by atoms with E-state index in [0.717, 1.165) is 24.6 Å². The smallest absolute Gasteiger partial charge is 0.161 e. The van der Waals surface area contributed by atoms with Crippen LogP contribution in [0.4, 0.5) is 0 Å². The Kier molecular flexibility index (Phi) is 4.65. The van der Waals surface area contributed by atoms with Gasteiger partial charge in [0, 0.05) is 0 Å². The lowest BCUT2D eigenvalue weighted by Gasteiger charge is -2.23. The Bertz CT molecular complexity index is 397. The Morgan fingerprint density at radius 1 is 1.33 bits per heavy atom. The molecule has 1 aromatic rings. The van der Waals surface area contributed by atoms with E-state index in [1.807, 2.05) is 6.07 Å². The minimum Gasteiger partial charge on any atom is -0.493 e. The quantitative estimate of drug-likeness (QED) is 0.812. The van der Waals surface area contributed by atoms with Crippen LogP contribution in [0.15, 0.2) is 30.9 Å². The fourth-order valence-corrected chi connectivity index (χ4v) is 2.36. The van der Waals surface area contributed by atoms with Gasteiger partial charge in [-0.15, -0.1) is 0 Å². The number of benzene rings is 1. The van der Waals surface area contributed by atoms with Crippen molar-refractivity contribution in [1.29, 1.82) is 0 Å². The first-order valence-corrected chi connectivity index (χ1v) is 6.47. The van der Waals surface area contributed by atoms with E-state index in [-0.39, 0.29) is 0 Å². The zero-order chi connectivity index (χ0) is 12.8. The molecule has 98 valence electrons. The van der Waals surface area contributed by atoms with Gasteiger partial charge in [-0.25, -0.2) is 0 Å². The SMILES string of the molecule is C=CCOc1ccc(C2CCNCC2)cc1OC. The van der Waals surface area contributed by atoms with Crippen LogP contribution in [0.5, 0.6) is 11.5 Å². The van der Waals surface area contributed by atoms with E-state index in [0.29, 0.717) is 12.5 Å². The van der Waals surface area contributed by atoms with Gasteiger partial charge in [0.25, 0.3) is 0 Å². The van der Waals surface area contributed by atoms with Crippen molar-refractivity contribution in [2.75, 3.05) is 26.8 Å². The number of nitrogens with one attached hydrogen (secondary N) is 1. The molecule has 3 nitrogen and oxygen atoms in total. The zero-order valence-electron chi connectivity index (χ0n) is 10.9. The summed E-state index contributed by atoms with van der Waals surface area (Å²) in [7, 11) is 1.68. The van der Waals surface area contributed by atoms with Crippen molar-refractivity contribution in [3.05, 3.63) is 36.4 Å². The van der Waals surface area contributed by atoms with Crippen LogP contribution in [0.1, 0.15) is 24.3 Å². The Morgan fingerprint density at radius 3 is 2.78 bits per heavy atom. The highest BCUT2D eigenvalue weighted by molar-refractivity contribution is 5.44. The third-order valence-corrected chi connectivity index (χ3v) is 3.35. The average molecular weight is 247 g/mol. The van der Waals surface area contributed by atoms with Crippen LogP contribution < -0.4 is 14.8 Å². The molecular weight excluding hydrogens is 226 g/mol. The van der Waals surface area contributed by atoms with Gasteiger partial charge in [0.2, 0.25) is 0 Å². The van der Waals surface area contributed by atoms with Crippen LogP contribution in [0, 0.1) is 0 Å². The van der Waals surface area contributed by atoms with Crippen LogP contribution >= 0.6 is 0 Å². The molecule has 2 rings (SSSR count). The molecule has 1 aromatic carbocycles. The van der Waals surface area contributed by atoms with Crippen molar-refractivity contribution in [1.82, 2.24) is 5.32 Å². The molecule has 1 N–H and O–H groups in total. The van der Waals surface area contributed by atoms with E-state index in [4.69, 9.17) is 9.47 Å².